The van der Waals surface area contributed by atoms with Gasteiger partial charge >= 0.3 is 0 Å². The van der Waals surface area contributed by atoms with Crippen LogP contribution in [-0.4, -0.2) is 25.7 Å². The molecule has 0 saturated heterocycles. The molecular weight excluding hydrogens is 371 g/mol. The highest BCUT2D eigenvalue weighted by molar-refractivity contribution is 6.06. The second-order valence-corrected chi connectivity index (χ2v) is 8.11. The maximum atomic E-state index is 14.1. The molecule has 3 aromatic rings. The van der Waals surface area contributed by atoms with Gasteiger partial charge in [-0.1, -0.05) is 18.2 Å². The number of anilines is 2. The smallest absolute Gasteiger partial charge is 0.235 e. The molecular formula is C21H21FN6O. The minimum atomic E-state index is -0.774. The average Bonchev–Trinajstić information content (AvgIpc) is 3.32. The van der Waals surface area contributed by atoms with Crippen molar-refractivity contribution in [3.63, 3.8) is 0 Å². The van der Waals surface area contributed by atoms with Gasteiger partial charge in [-0.15, -0.1) is 0 Å². The van der Waals surface area contributed by atoms with Crippen molar-refractivity contribution in [2.45, 2.75) is 45.1 Å². The van der Waals surface area contributed by atoms with Crippen molar-refractivity contribution in [3.8, 4) is 11.5 Å². The van der Waals surface area contributed by atoms with Gasteiger partial charge in [0.05, 0.1) is 17.5 Å². The third-order valence-corrected chi connectivity index (χ3v) is 5.86. The van der Waals surface area contributed by atoms with Gasteiger partial charge in [0, 0.05) is 16.8 Å². The zero-order valence-corrected chi connectivity index (χ0v) is 16.3. The van der Waals surface area contributed by atoms with E-state index in [0.29, 0.717) is 35.0 Å². The van der Waals surface area contributed by atoms with E-state index in [1.54, 1.807) is 26.0 Å². The molecule has 2 aliphatic rings. The normalized spacial score (nSPS) is 16.6. The third-order valence-electron chi connectivity index (χ3n) is 5.86. The van der Waals surface area contributed by atoms with Gasteiger partial charge in [0.25, 0.3) is 0 Å². The topological polar surface area (TPSA) is 98.7 Å². The Morgan fingerprint density at radius 1 is 1.24 bits per heavy atom. The van der Waals surface area contributed by atoms with E-state index in [9.17, 15) is 9.18 Å². The monoisotopic (exact) mass is 392 g/mol. The summed E-state index contributed by atoms with van der Waals surface area (Å²) in [7, 11) is 0. The summed E-state index contributed by atoms with van der Waals surface area (Å²) in [5, 5.41) is 7.52. The molecule has 0 bridgehead atoms. The maximum absolute atomic E-state index is 14.1. The van der Waals surface area contributed by atoms with Crippen LogP contribution in [0.25, 0.3) is 11.5 Å². The van der Waals surface area contributed by atoms with Crippen LogP contribution in [0, 0.1) is 5.82 Å². The first kappa shape index (κ1) is 17.8. The number of carbonyl (C=O) groups excluding carboxylic acids is 1. The number of hydrogen-bond donors (Lipinski definition) is 2. The molecule has 1 aromatic carbocycles. The van der Waals surface area contributed by atoms with Crippen LogP contribution < -0.4 is 11.1 Å². The van der Waals surface area contributed by atoms with E-state index in [2.05, 4.69) is 15.3 Å². The number of nitrogens with one attached hydrogen (secondary N) is 1. The SMILES string of the molecule is CC1(C)C(=O)Nc2nc(-c3nn(Cc4ccccc4F)c4c3CCC4)nc(N)c21. The van der Waals surface area contributed by atoms with Crippen LogP contribution in [0.1, 0.15) is 42.7 Å². The van der Waals surface area contributed by atoms with Gasteiger partial charge in [0.2, 0.25) is 5.91 Å². The van der Waals surface area contributed by atoms with Gasteiger partial charge in [-0.05, 0) is 39.2 Å². The minimum absolute atomic E-state index is 0.152. The van der Waals surface area contributed by atoms with E-state index in [0.717, 1.165) is 30.5 Å². The van der Waals surface area contributed by atoms with Crippen LogP contribution in [-0.2, 0) is 29.6 Å². The molecule has 1 amide bonds. The molecule has 2 aromatic heterocycles. The first-order valence-corrected chi connectivity index (χ1v) is 9.68. The van der Waals surface area contributed by atoms with Crippen molar-refractivity contribution in [2.24, 2.45) is 0 Å². The van der Waals surface area contributed by atoms with Crippen LogP contribution in [0.4, 0.5) is 16.0 Å². The van der Waals surface area contributed by atoms with Gasteiger partial charge in [-0.3, -0.25) is 9.48 Å². The Morgan fingerprint density at radius 3 is 2.83 bits per heavy atom. The number of benzene rings is 1. The highest BCUT2D eigenvalue weighted by Gasteiger charge is 2.42. The number of amides is 1. The highest BCUT2D eigenvalue weighted by Crippen LogP contribution is 2.41. The molecule has 7 nitrogen and oxygen atoms in total. The standard InChI is InChI=1S/C21H21FN6O/c1-21(2)15-17(23)24-19(25-18(15)26-20(21)29)16-12-7-5-9-14(12)28(27-16)10-11-6-3-4-8-13(11)22/h3-4,6,8H,5,7,9-10H2,1-2H3,(H3,23,24,25,26,29). The fraction of sp³-hybridized carbons (Fsp3) is 0.333. The molecule has 0 saturated carbocycles. The van der Waals surface area contributed by atoms with E-state index < -0.39 is 5.41 Å². The molecule has 5 rings (SSSR count). The summed E-state index contributed by atoms with van der Waals surface area (Å²) in [6.07, 6.45) is 2.74. The molecule has 29 heavy (non-hydrogen) atoms. The van der Waals surface area contributed by atoms with Gasteiger partial charge in [-0.25, -0.2) is 14.4 Å². The van der Waals surface area contributed by atoms with E-state index in [1.165, 1.54) is 6.07 Å². The Kier molecular flexibility index (Phi) is 3.74. The molecule has 1 aliphatic carbocycles. The summed E-state index contributed by atoms with van der Waals surface area (Å²) in [6, 6.07) is 6.71. The van der Waals surface area contributed by atoms with Gasteiger partial charge in [-0.2, -0.15) is 5.10 Å². The summed E-state index contributed by atoms with van der Waals surface area (Å²) >= 11 is 0. The molecule has 8 heteroatoms. The zero-order chi connectivity index (χ0) is 20.3. The number of nitrogens with zero attached hydrogens (tertiary/aromatic N) is 4. The van der Waals surface area contributed by atoms with Crippen molar-refractivity contribution in [3.05, 3.63) is 52.5 Å². The average molecular weight is 392 g/mol. The fourth-order valence-electron chi connectivity index (χ4n) is 4.28. The highest BCUT2D eigenvalue weighted by atomic mass is 19.1. The number of nitrogens with two attached hydrogens (primary N) is 1. The van der Waals surface area contributed by atoms with Crippen LogP contribution in [0.5, 0.6) is 0 Å². The lowest BCUT2D eigenvalue weighted by Crippen LogP contribution is -2.27. The van der Waals surface area contributed by atoms with Gasteiger partial charge < -0.3 is 11.1 Å². The van der Waals surface area contributed by atoms with Crippen molar-refractivity contribution in [2.75, 3.05) is 11.1 Å². The third kappa shape index (κ3) is 2.62. The second-order valence-electron chi connectivity index (χ2n) is 8.11. The van der Waals surface area contributed by atoms with E-state index in [1.807, 2.05) is 10.7 Å². The number of nitrogen functional groups attached to an aromatic ring is 1. The molecule has 0 fully saturated rings. The lowest BCUT2D eigenvalue weighted by Gasteiger charge is -2.16. The second kappa shape index (κ2) is 6.10. The van der Waals surface area contributed by atoms with Gasteiger partial charge in [0.15, 0.2) is 5.82 Å². The van der Waals surface area contributed by atoms with Gasteiger partial charge in [0.1, 0.15) is 23.1 Å². The molecule has 0 atom stereocenters. The van der Waals surface area contributed by atoms with Crippen LogP contribution >= 0.6 is 0 Å². The molecule has 3 heterocycles. The summed E-state index contributed by atoms with van der Waals surface area (Å²) in [6.45, 7) is 3.95. The summed E-state index contributed by atoms with van der Waals surface area (Å²) < 4.78 is 16.0. The summed E-state index contributed by atoms with van der Waals surface area (Å²) in [5.74, 6) is 0.714. The lowest BCUT2D eigenvalue weighted by atomic mass is 9.87. The van der Waals surface area contributed by atoms with E-state index in [4.69, 9.17) is 10.8 Å². The first-order chi connectivity index (χ1) is 13.9. The van der Waals surface area contributed by atoms with E-state index in [-0.39, 0.29) is 17.5 Å². The number of aromatic nitrogens is 4. The maximum Gasteiger partial charge on any atom is 0.235 e. The number of fused-ring (bicyclic) bond motifs is 2. The Balaban J connectivity index is 1.60. The number of carbonyl (C=O) groups is 1. The Labute approximate surface area is 167 Å². The Hall–Kier alpha value is -3.29. The molecule has 1 aliphatic heterocycles. The van der Waals surface area contributed by atoms with Crippen molar-refractivity contribution in [1.29, 1.82) is 0 Å². The van der Waals surface area contributed by atoms with Crippen molar-refractivity contribution >= 4 is 17.5 Å². The summed E-state index contributed by atoms with van der Waals surface area (Å²) in [4.78, 5) is 21.3. The number of hydrogen-bond acceptors (Lipinski definition) is 5. The Morgan fingerprint density at radius 2 is 2.03 bits per heavy atom. The summed E-state index contributed by atoms with van der Waals surface area (Å²) in [5.41, 5.74) is 9.45. The van der Waals surface area contributed by atoms with Crippen LogP contribution in [0.2, 0.25) is 0 Å². The van der Waals surface area contributed by atoms with Crippen LogP contribution in [0.15, 0.2) is 24.3 Å². The Bertz CT molecular complexity index is 1170. The molecule has 3 N–H and O–H groups in total. The largest absolute Gasteiger partial charge is 0.383 e. The van der Waals surface area contributed by atoms with Crippen molar-refractivity contribution in [1.82, 2.24) is 19.7 Å². The predicted molar refractivity (Wildman–Crippen MR) is 107 cm³/mol. The number of rotatable bonds is 3. The first-order valence-electron chi connectivity index (χ1n) is 9.68. The minimum Gasteiger partial charge on any atom is -0.383 e. The van der Waals surface area contributed by atoms with E-state index >= 15 is 0 Å². The lowest BCUT2D eigenvalue weighted by molar-refractivity contribution is -0.119. The number of halogens is 1. The molecule has 0 radical (unpaired) electrons. The molecule has 0 unspecified atom stereocenters. The zero-order valence-electron chi connectivity index (χ0n) is 16.3. The quantitative estimate of drug-likeness (QED) is 0.714. The fourth-order valence-corrected chi connectivity index (χ4v) is 4.28. The molecule has 0 spiro atoms. The van der Waals surface area contributed by atoms with Crippen molar-refractivity contribution < 1.29 is 9.18 Å². The molecule has 148 valence electrons. The van der Waals surface area contributed by atoms with Crippen LogP contribution in [0.3, 0.4) is 0 Å². The predicted octanol–water partition coefficient (Wildman–Crippen LogP) is 2.83.